The Labute approximate surface area is 98.6 Å². The average molecular weight is 224 g/mol. The van der Waals surface area contributed by atoms with E-state index >= 15 is 0 Å². The first-order valence-electron chi connectivity index (χ1n) is 6.19. The van der Waals surface area contributed by atoms with Gasteiger partial charge in [0.25, 0.3) is 0 Å². The molecular weight excluding hydrogens is 200 g/mol. The van der Waals surface area contributed by atoms with Gasteiger partial charge in [0.2, 0.25) is 0 Å². The van der Waals surface area contributed by atoms with Crippen LogP contribution in [0.5, 0.6) is 0 Å². The highest BCUT2D eigenvalue weighted by molar-refractivity contribution is 4.79. The van der Waals surface area contributed by atoms with Crippen molar-refractivity contribution in [1.29, 1.82) is 0 Å². The third-order valence-corrected chi connectivity index (χ3v) is 2.84. The molecule has 0 spiro atoms. The van der Waals surface area contributed by atoms with Gasteiger partial charge in [0.15, 0.2) is 0 Å². The molecule has 92 valence electrons. The molecule has 0 fully saturated rings. The lowest BCUT2D eigenvalue weighted by molar-refractivity contribution is 0.293. The molecule has 1 aromatic rings. The molecule has 0 radical (unpaired) electrons. The Balaban J connectivity index is 2.13. The van der Waals surface area contributed by atoms with Crippen molar-refractivity contribution < 1.29 is 0 Å². The van der Waals surface area contributed by atoms with Gasteiger partial charge in [-0.3, -0.25) is 4.68 Å². The van der Waals surface area contributed by atoms with Gasteiger partial charge in [0.05, 0.1) is 6.54 Å². The fraction of sp³-hybridized carbons (Fsp3) is 0.750. The SMILES string of the molecule is CCN(CC)CCNC(C)Cn1cccn1. The zero-order valence-electron chi connectivity index (χ0n) is 10.7. The quantitative estimate of drug-likeness (QED) is 0.720. The predicted octanol–water partition coefficient (Wildman–Crippen LogP) is 1.20. The van der Waals surface area contributed by atoms with Gasteiger partial charge in [-0.15, -0.1) is 0 Å². The predicted molar refractivity (Wildman–Crippen MR) is 67.5 cm³/mol. The Morgan fingerprint density at radius 2 is 2.12 bits per heavy atom. The van der Waals surface area contributed by atoms with Crippen molar-refractivity contribution >= 4 is 0 Å². The minimum Gasteiger partial charge on any atom is -0.311 e. The van der Waals surface area contributed by atoms with Crippen LogP contribution in [0.2, 0.25) is 0 Å². The van der Waals surface area contributed by atoms with Crippen LogP contribution >= 0.6 is 0 Å². The normalized spacial score (nSPS) is 13.2. The molecule has 0 bridgehead atoms. The van der Waals surface area contributed by atoms with E-state index in [1.807, 2.05) is 23.1 Å². The second-order valence-corrected chi connectivity index (χ2v) is 4.11. The number of hydrogen-bond acceptors (Lipinski definition) is 3. The van der Waals surface area contributed by atoms with Crippen molar-refractivity contribution in [1.82, 2.24) is 20.0 Å². The number of nitrogens with zero attached hydrogens (tertiary/aromatic N) is 3. The van der Waals surface area contributed by atoms with Gasteiger partial charge < -0.3 is 10.2 Å². The van der Waals surface area contributed by atoms with Gasteiger partial charge in [-0.05, 0) is 26.1 Å². The number of hydrogen-bond donors (Lipinski definition) is 1. The highest BCUT2D eigenvalue weighted by atomic mass is 15.3. The first-order chi connectivity index (χ1) is 7.76. The van der Waals surface area contributed by atoms with E-state index in [4.69, 9.17) is 0 Å². The van der Waals surface area contributed by atoms with Gasteiger partial charge in [-0.2, -0.15) is 5.10 Å². The fourth-order valence-corrected chi connectivity index (χ4v) is 1.76. The van der Waals surface area contributed by atoms with Crippen LogP contribution in [-0.2, 0) is 6.54 Å². The molecule has 1 heterocycles. The van der Waals surface area contributed by atoms with E-state index in [2.05, 4.69) is 36.1 Å². The molecule has 1 N–H and O–H groups in total. The zero-order chi connectivity index (χ0) is 11.8. The van der Waals surface area contributed by atoms with Crippen LogP contribution in [0.3, 0.4) is 0 Å². The van der Waals surface area contributed by atoms with Gasteiger partial charge >= 0.3 is 0 Å². The topological polar surface area (TPSA) is 33.1 Å². The molecule has 0 saturated heterocycles. The van der Waals surface area contributed by atoms with Gasteiger partial charge in [0.1, 0.15) is 0 Å². The van der Waals surface area contributed by atoms with Crippen LogP contribution in [0.4, 0.5) is 0 Å². The maximum atomic E-state index is 4.20. The lowest BCUT2D eigenvalue weighted by atomic mass is 10.3. The molecule has 1 rings (SSSR count). The highest BCUT2D eigenvalue weighted by Gasteiger charge is 2.03. The summed E-state index contributed by atoms with van der Waals surface area (Å²) in [6.45, 7) is 12.0. The summed E-state index contributed by atoms with van der Waals surface area (Å²) >= 11 is 0. The molecule has 0 aliphatic rings. The summed E-state index contributed by atoms with van der Waals surface area (Å²) in [7, 11) is 0. The van der Waals surface area contributed by atoms with Gasteiger partial charge in [0, 0.05) is 31.5 Å². The van der Waals surface area contributed by atoms with E-state index in [0.717, 1.165) is 32.7 Å². The molecule has 1 unspecified atom stereocenters. The van der Waals surface area contributed by atoms with Crippen molar-refractivity contribution in [2.75, 3.05) is 26.2 Å². The van der Waals surface area contributed by atoms with Crippen LogP contribution in [0.1, 0.15) is 20.8 Å². The first-order valence-corrected chi connectivity index (χ1v) is 6.19. The van der Waals surface area contributed by atoms with Crippen molar-refractivity contribution in [3.8, 4) is 0 Å². The standard InChI is InChI=1S/C12H24N4/c1-4-15(5-2)10-8-13-12(3)11-16-9-6-7-14-16/h6-7,9,12-13H,4-5,8,10-11H2,1-3H3. The van der Waals surface area contributed by atoms with Crippen molar-refractivity contribution in [2.24, 2.45) is 0 Å². The number of aromatic nitrogens is 2. The Morgan fingerprint density at radius 3 is 2.69 bits per heavy atom. The minimum absolute atomic E-state index is 0.468. The van der Waals surface area contributed by atoms with Gasteiger partial charge in [-0.1, -0.05) is 13.8 Å². The van der Waals surface area contributed by atoms with Crippen LogP contribution < -0.4 is 5.32 Å². The first kappa shape index (κ1) is 13.2. The maximum absolute atomic E-state index is 4.20. The largest absolute Gasteiger partial charge is 0.311 e. The smallest absolute Gasteiger partial charge is 0.0559 e. The Morgan fingerprint density at radius 1 is 1.38 bits per heavy atom. The second-order valence-electron chi connectivity index (χ2n) is 4.11. The van der Waals surface area contributed by atoms with Crippen molar-refractivity contribution in [3.63, 3.8) is 0 Å². The van der Waals surface area contributed by atoms with E-state index in [1.54, 1.807) is 0 Å². The zero-order valence-corrected chi connectivity index (χ0v) is 10.7. The van der Waals surface area contributed by atoms with E-state index in [9.17, 15) is 0 Å². The Bertz CT molecular complexity index is 254. The third kappa shape index (κ3) is 4.77. The fourth-order valence-electron chi connectivity index (χ4n) is 1.76. The average Bonchev–Trinajstić information content (AvgIpc) is 2.77. The lowest BCUT2D eigenvalue weighted by Gasteiger charge is -2.20. The van der Waals surface area contributed by atoms with Gasteiger partial charge in [-0.25, -0.2) is 0 Å². The molecule has 0 saturated carbocycles. The molecular formula is C12H24N4. The molecule has 0 aliphatic carbocycles. The molecule has 1 aromatic heterocycles. The summed E-state index contributed by atoms with van der Waals surface area (Å²) in [5.41, 5.74) is 0. The van der Waals surface area contributed by atoms with Crippen LogP contribution in [-0.4, -0.2) is 46.9 Å². The van der Waals surface area contributed by atoms with Crippen molar-refractivity contribution in [3.05, 3.63) is 18.5 Å². The summed E-state index contributed by atoms with van der Waals surface area (Å²) in [5, 5.41) is 7.72. The molecule has 4 nitrogen and oxygen atoms in total. The number of nitrogens with one attached hydrogen (secondary N) is 1. The molecule has 1 atom stereocenters. The van der Waals surface area contributed by atoms with E-state index in [1.165, 1.54) is 0 Å². The number of rotatable bonds is 8. The molecule has 0 aromatic carbocycles. The summed E-state index contributed by atoms with van der Waals surface area (Å²) < 4.78 is 1.97. The third-order valence-electron chi connectivity index (χ3n) is 2.84. The van der Waals surface area contributed by atoms with E-state index < -0.39 is 0 Å². The minimum atomic E-state index is 0.468. The van der Waals surface area contributed by atoms with Crippen molar-refractivity contribution in [2.45, 2.75) is 33.4 Å². The summed E-state index contributed by atoms with van der Waals surface area (Å²) in [5.74, 6) is 0. The molecule has 0 aliphatic heterocycles. The second kappa shape index (κ2) is 7.41. The van der Waals surface area contributed by atoms with Crippen LogP contribution in [0.25, 0.3) is 0 Å². The maximum Gasteiger partial charge on any atom is 0.0559 e. The highest BCUT2D eigenvalue weighted by Crippen LogP contribution is 1.91. The number of likely N-dealkylation sites (N-methyl/N-ethyl adjacent to an activating group) is 1. The lowest BCUT2D eigenvalue weighted by Crippen LogP contribution is -2.37. The Kier molecular flexibility index (Phi) is 6.11. The molecule has 4 heteroatoms. The monoisotopic (exact) mass is 224 g/mol. The molecule has 16 heavy (non-hydrogen) atoms. The summed E-state index contributed by atoms with van der Waals surface area (Å²) in [4.78, 5) is 2.42. The Hall–Kier alpha value is -0.870. The summed E-state index contributed by atoms with van der Waals surface area (Å²) in [6.07, 6.45) is 3.82. The summed E-state index contributed by atoms with van der Waals surface area (Å²) in [6, 6.07) is 2.43. The van der Waals surface area contributed by atoms with Crippen LogP contribution in [0, 0.1) is 0 Å². The molecule has 0 amide bonds. The van der Waals surface area contributed by atoms with E-state index in [-0.39, 0.29) is 0 Å². The van der Waals surface area contributed by atoms with Crippen LogP contribution in [0.15, 0.2) is 18.5 Å². The van der Waals surface area contributed by atoms with E-state index in [0.29, 0.717) is 6.04 Å².